The summed E-state index contributed by atoms with van der Waals surface area (Å²) >= 11 is 0. The van der Waals surface area contributed by atoms with E-state index < -0.39 is 0 Å². The van der Waals surface area contributed by atoms with Gasteiger partial charge in [-0.05, 0) is 38.4 Å². The van der Waals surface area contributed by atoms with Crippen molar-refractivity contribution in [2.45, 2.75) is 0 Å². The molecule has 4 aromatic carbocycles. The molecule has 0 bridgehead atoms. The predicted octanol–water partition coefficient (Wildman–Crippen LogP) is 4.47. The van der Waals surface area contributed by atoms with Crippen LogP contribution in [0.25, 0.3) is 32.3 Å². The zero-order chi connectivity index (χ0) is 16.2. The summed E-state index contributed by atoms with van der Waals surface area (Å²) in [5.41, 5.74) is 0.837. The molecular formula is C21H20NO+. The van der Waals surface area contributed by atoms with Crippen molar-refractivity contribution in [1.82, 2.24) is 0 Å². The standard InChI is InChI=1S/C21H20NO/c1-22(2,3)13-19(23)17-11-9-16-8-7-14-5-4-6-15-10-12-18(17)21(16)20(14)15/h4-12H,13H2,1-3H3/q+1. The normalized spacial score (nSPS) is 12.5. The summed E-state index contributed by atoms with van der Waals surface area (Å²) < 4.78 is 0.640. The fourth-order valence-electron chi connectivity index (χ4n) is 3.49. The number of carbonyl (C=O) groups excluding carboxylic acids is 1. The third-order valence-corrected chi connectivity index (χ3v) is 4.45. The maximum atomic E-state index is 12.8. The summed E-state index contributed by atoms with van der Waals surface area (Å²) in [4.78, 5) is 12.8. The number of nitrogens with zero attached hydrogens (tertiary/aromatic N) is 1. The summed E-state index contributed by atoms with van der Waals surface area (Å²) in [5, 5.41) is 7.22. The highest BCUT2D eigenvalue weighted by atomic mass is 16.1. The van der Waals surface area contributed by atoms with Gasteiger partial charge in [0.2, 0.25) is 5.78 Å². The zero-order valence-electron chi connectivity index (χ0n) is 13.8. The molecule has 0 radical (unpaired) electrons. The third kappa shape index (κ3) is 2.27. The summed E-state index contributed by atoms with van der Waals surface area (Å²) in [7, 11) is 6.15. The van der Waals surface area contributed by atoms with Crippen LogP contribution in [0.5, 0.6) is 0 Å². The van der Waals surface area contributed by atoms with Crippen LogP contribution < -0.4 is 0 Å². The molecule has 0 aliphatic carbocycles. The van der Waals surface area contributed by atoms with Gasteiger partial charge in [0.15, 0.2) is 0 Å². The molecule has 0 aliphatic heterocycles. The molecule has 0 heterocycles. The van der Waals surface area contributed by atoms with Gasteiger partial charge in [0.1, 0.15) is 6.54 Å². The first-order chi connectivity index (χ1) is 10.9. The predicted molar refractivity (Wildman–Crippen MR) is 97.4 cm³/mol. The second kappa shape index (κ2) is 4.77. The SMILES string of the molecule is C[N+](C)(C)CC(=O)c1ccc2ccc3cccc4ccc1c2c34. The van der Waals surface area contributed by atoms with Gasteiger partial charge in [-0.2, -0.15) is 0 Å². The zero-order valence-corrected chi connectivity index (χ0v) is 13.8. The number of rotatable bonds is 3. The Morgan fingerprint density at radius 3 is 2.00 bits per heavy atom. The molecule has 4 rings (SSSR count). The first-order valence-corrected chi connectivity index (χ1v) is 7.94. The lowest BCUT2D eigenvalue weighted by Crippen LogP contribution is -2.39. The Morgan fingerprint density at radius 2 is 1.35 bits per heavy atom. The van der Waals surface area contributed by atoms with E-state index in [4.69, 9.17) is 0 Å². The summed E-state index contributed by atoms with van der Waals surface area (Å²) in [6.45, 7) is 0.504. The van der Waals surface area contributed by atoms with E-state index >= 15 is 0 Å². The monoisotopic (exact) mass is 302 g/mol. The molecule has 0 aromatic heterocycles. The first kappa shape index (κ1) is 14.2. The van der Waals surface area contributed by atoms with Crippen molar-refractivity contribution < 1.29 is 9.28 Å². The van der Waals surface area contributed by atoms with Gasteiger partial charge in [0, 0.05) is 5.56 Å². The van der Waals surface area contributed by atoms with Crippen LogP contribution in [0.2, 0.25) is 0 Å². The summed E-state index contributed by atoms with van der Waals surface area (Å²) in [6, 6.07) is 19.0. The van der Waals surface area contributed by atoms with Crippen LogP contribution in [0.4, 0.5) is 0 Å². The van der Waals surface area contributed by atoms with Crippen LogP contribution in [0.15, 0.2) is 54.6 Å². The minimum Gasteiger partial charge on any atom is -0.324 e. The summed E-state index contributed by atoms with van der Waals surface area (Å²) in [5.74, 6) is 0.204. The van der Waals surface area contributed by atoms with E-state index in [9.17, 15) is 4.79 Å². The van der Waals surface area contributed by atoms with Gasteiger partial charge in [-0.1, -0.05) is 48.5 Å². The Balaban J connectivity index is 2.06. The average molecular weight is 302 g/mol. The molecule has 2 nitrogen and oxygen atoms in total. The second-order valence-electron chi connectivity index (χ2n) is 7.34. The molecule has 0 atom stereocenters. The third-order valence-electron chi connectivity index (χ3n) is 4.45. The van der Waals surface area contributed by atoms with Gasteiger partial charge in [0.05, 0.1) is 21.1 Å². The van der Waals surface area contributed by atoms with Crippen molar-refractivity contribution in [3.63, 3.8) is 0 Å². The minimum absolute atomic E-state index is 0.204. The Bertz CT molecular complexity index is 1020. The lowest BCUT2D eigenvalue weighted by atomic mass is 9.91. The second-order valence-corrected chi connectivity index (χ2v) is 7.34. The van der Waals surface area contributed by atoms with Crippen LogP contribution in [0.1, 0.15) is 10.4 Å². The molecule has 2 heteroatoms. The number of Topliss-reactive ketones (excluding diaryl/α,β-unsaturated/α-hetero) is 1. The van der Waals surface area contributed by atoms with Crippen molar-refractivity contribution in [3.05, 3.63) is 60.2 Å². The molecule has 0 aliphatic rings. The topological polar surface area (TPSA) is 17.1 Å². The van der Waals surface area contributed by atoms with Crippen molar-refractivity contribution in [3.8, 4) is 0 Å². The van der Waals surface area contributed by atoms with Gasteiger partial charge >= 0.3 is 0 Å². The fraction of sp³-hybridized carbons (Fsp3) is 0.190. The summed E-state index contributed by atoms with van der Waals surface area (Å²) in [6.07, 6.45) is 0. The number of ketones is 1. The molecule has 4 aromatic rings. The van der Waals surface area contributed by atoms with E-state index in [0.717, 1.165) is 10.9 Å². The van der Waals surface area contributed by atoms with Gasteiger partial charge in [-0.25, -0.2) is 0 Å². The van der Waals surface area contributed by atoms with Crippen LogP contribution in [-0.2, 0) is 0 Å². The highest BCUT2D eigenvalue weighted by molar-refractivity contribution is 6.26. The number of carbonyl (C=O) groups is 1. The fourth-order valence-corrected chi connectivity index (χ4v) is 3.49. The maximum Gasteiger partial charge on any atom is 0.217 e. The van der Waals surface area contributed by atoms with Gasteiger partial charge in [-0.15, -0.1) is 0 Å². The smallest absolute Gasteiger partial charge is 0.217 e. The maximum absolute atomic E-state index is 12.8. The lowest BCUT2D eigenvalue weighted by molar-refractivity contribution is -0.861. The van der Waals surface area contributed by atoms with Crippen LogP contribution >= 0.6 is 0 Å². The molecule has 0 saturated heterocycles. The van der Waals surface area contributed by atoms with Crippen molar-refractivity contribution in [1.29, 1.82) is 0 Å². The Morgan fingerprint density at radius 1 is 0.783 bits per heavy atom. The number of hydrogen-bond acceptors (Lipinski definition) is 1. The first-order valence-electron chi connectivity index (χ1n) is 7.94. The lowest BCUT2D eigenvalue weighted by Gasteiger charge is -2.23. The van der Waals surface area contributed by atoms with Crippen LogP contribution in [-0.4, -0.2) is 38.0 Å². The van der Waals surface area contributed by atoms with Crippen LogP contribution in [0.3, 0.4) is 0 Å². The van der Waals surface area contributed by atoms with Crippen molar-refractivity contribution in [2.24, 2.45) is 0 Å². The minimum atomic E-state index is 0.204. The largest absolute Gasteiger partial charge is 0.324 e. The number of benzene rings is 4. The van der Waals surface area contributed by atoms with Crippen LogP contribution in [0, 0.1) is 0 Å². The van der Waals surface area contributed by atoms with Crippen molar-refractivity contribution >= 4 is 38.1 Å². The Hall–Kier alpha value is -2.45. The van der Waals surface area contributed by atoms with E-state index in [1.165, 1.54) is 26.9 Å². The number of hydrogen-bond donors (Lipinski definition) is 0. The Labute approximate surface area is 135 Å². The average Bonchev–Trinajstić information content (AvgIpc) is 2.50. The van der Waals surface area contributed by atoms with E-state index in [1.807, 2.05) is 27.2 Å². The molecule has 0 N–H and O–H groups in total. The molecule has 0 fully saturated rings. The molecule has 0 unspecified atom stereocenters. The molecular weight excluding hydrogens is 282 g/mol. The highest BCUT2D eigenvalue weighted by Gasteiger charge is 2.20. The molecule has 0 amide bonds. The number of likely N-dealkylation sites (N-methyl/N-ethyl adjacent to an activating group) is 1. The van der Waals surface area contributed by atoms with E-state index in [1.54, 1.807) is 0 Å². The highest BCUT2D eigenvalue weighted by Crippen LogP contribution is 2.36. The van der Waals surface area contributed by atoms with E-state index in [2.05, 4.69) is 48.5 Å². The molecule has 23 heavy (non-hydrogen) atoms. The quantitative estimate of drug-likeness (QED) is 0.310. The molecule has 114 valence electrons. The van der Waals surface area contributed by atoms with E-state index in [0.29, 0.717) is 11.0 Å². The van der Waals surface area contributed by atoms with Crippen molar-refractivity contribution in [2.75, 3.05) is 27.7 Å². The number of quaternary nitrogens is 1. The van der Waals surface area contributed by atoms with Gasteiger partial charge in [-0.3, -0.25) is 4.79 Å². The van der Waals surface area contributed by atoms with Gasteiger partial charge < -0.3 is 4.48 Å². The van der Waals surface area contributed by atoms with Gasteiger partial charge in [0.25, 0.3) is 0 Å². The molecule has 0 saturated carbocycles. The Kier molecular flexibility index (Phi) is 2.94. The molecule has 0 spiro atoms. The van der Waals surface area contributed by atoms with E-state index in [-0.39, 0.29) is 5.78 Å².